The molecule has 0 aliphatic rings. The molecule has 2 aromatic heterocycles. The lowest BCUT2D eigenvalue weighted by molar-refractivity contribution is -0.384. The number of halogens is 2. The highest BCUT2D eigenvalue weighted by molar-refractivity contribution is 9.10. The Kier molecular flexibility index (Phi) is 4.51. The first-order chi connectivity index (χ1) is 9.70. The van der Waals surface area contributed by atoms with Gasteiger partial charge in [0, 0.05) is 16.7 Å². The molecule has 2 aromatic rings. The molecule has 21 heavy (non-hydrogen) atoms. The van der Waals surface area contributed by atoms with Crippen molar-refractivity contribution in [1.82, 2.24) is 4.98 Å². The summed E-state index contributed by atoms with van der Waals surface area (Å²) in [7, 11) is -3.98. The van der Waals surface area contributed by atoms with Crippen molar-refractivity contribution in [3.63, 3.8) is 0 Å². The summed E-state index contributed by atoms with van der Waals surface area (Å²) in [5.41, 5.74) is 0.160. The Morgan fingerprint density at radius 3 is 2.67 bits per heavy atom. The lowest BCUT2D eigenvalue weighted by atomic mass is 10.3. The van der Waals surface area contributed by atoms with E-state index < -0.39 is 20.6 Å². The molecule has 112 valence electrons. The third kappa shape index (κ3) is 3.51. The monoisotopic (exact) mass is 411 g/mol. The Balaban J connectivity index is 2.38. The molecule has 0 fully saturated rings. The van der Waals surface area contributed by atoms with E-state index in [1.54, 1.807) is 13.0 Å². The van der Waals surface area contributed by atoms with Gasteiger partial charge in [-0.15, -0.1) is 11.3 Å². The van der Waals surface area contributed by atoms with Crippen molar-refractivity contribution in [2.75, 3.05) is 4.72 Å². The number of pyridine rings is 1. The summed E-state index contributed by atoms with van der Waals surface area (Å²) in [6.45, 7) is 1.68. The first-order valence-corrected chi connectivity index (χ1v) is 8.76. The number of hydrogen-bond donors (Lipinski definition) is 1. The average molecular weight is 413 g/mol. The first kappa shape index (κ1) is 16.1. The quantitative estimate of drug-likeness (QED) is 0.611. The summed E-state index contributed by atoms with van der Waals surface area (Å²) in [5, 5.41) is 10.7. The minimum absolute atomic E-state index is 0.144. The molecule has 0 amide bonds. The standard InChI is InChI=1S/C10H7BrClN3O4S2/c1-5-2-6(11)4-13-10(5)14-21(18,19)8-3-7(15(16)17)9(12)20-8/h2-4H,1H3,(H,13,14). The number of nitrogens with zero attached hydrogens (tertiary/aromatic N) is 2. The number of nitrogens with one attached hydrogen (secondary N) is 1. The molecule has 0 aromatic carbocycles. The fourth-order valence-corrected chi connectivity index (χ4v) is 4.61. The molecule has 0 radical (unpaired) electrons. The van der Waals surface area contributed by atoms with Crippen LogP contribution in [-0.4, -0.2) is 18.3 Å². The molecule has 0 atom stereocenters. The number of thiophene rings is 1. The lowest BCUT2D eigenvalue weighted by Gasteiger charge is -2.07. The largest absolute Gasteiger partial charge is 0.300 e. The second-order valence-corrected chi connectivity index (χ2v) is 8.39. The van der Waals surface area contributed by atoms with Gasteiger partial charge in [-0.25, -0.2) is 13.4 Å². The maximum Gasteiger partial charge on any atom is 0.300 e. The number of sulfonamides is 1. The molecular formula is C10H7BrClN3O4S2. The van der Waals surface area contributed by atoms with Crippen LogP contribution in [0.5, 0.6) is 0 Å². The normalized spacial score (nSPS) is 11.4. The molecule has 2 rings (SSSR count). The van der Waals surface area contributed by atoms with Crippen LogP contribution >= 0.6 is 38.9 Å². The second kappa shape index (κ2) is 5.87. The zero-order valence-corrected chi connectivity index (χ0v) is 14.3. The van der Waals surface area contributed by atoms with Crippen LogP contribution in [-0.2, 0) is 10.0 Å². The SMILES string of the molecule is Cc1cc(Br)cnc1NS(=O)(=O)c1cc([N+](=O)[O-])c(Cl)s1. The van der Waals surface area contributed by atoms with Crippen LogP contribution in [0.4, 0.5) is 11.5 Å². The topological polar surface area (TPSA) is 102 Å². The van der Waals surface area contributed by atoms with E-state index in [0.29, 0.717) is 21.4 Å². The Bertz CT molecular complexity index is 822. The van der Waals surface area contributed by atoms with E-state index >= 15 is 0 Å². The summed E-state index contributed by atoms with van der Waals surface area (Å²) < 4.78 is 26.9. The van der Waals surface area contributed by atoms with Crippen LogP contribution in [0.25, 0.3) is 0 Å². The maximum absolute atomic E-state index is 12.2. The van der Waals surface area contributed by atoms with Gasteiger partial charge in [0.1, 0.15) is 10.0 Å². The second-order valence-electron chi connectivity index (χ2n) is 3.91. The molecule has 2 heterocycles. The molecule has 0 saturated heterocycles. The van der Waals surface area contributed by atoms with Crippen molar-refractivity contribution in [2.24, 2.45) is 0 Å². The molecule has 0 saturated carbocycles. The van der Waals surface area contributed by atoms with Crippen LogP contribution in [0.2, 0.25) is 4.34 Å². The predicted molar refractivity (Wildman–Crippen MR) is 83.5 cm³/mol. The van der Waals surface area contributed by atoms with E-state index in [0.717, 1.165) is 6.07 Å². The third-order valence-corrected chi connectivity index (χ3v) is 5.97. The molecule has 0 unspecified atom stereocenters. The van der Waals surface area contributed by atoms with E-state index in [2.05, 4.69) is 25.6 Å². The molecule has 0 aliphatic heterocycles. The molecular weight excluding hydrogens is 406 g/mol. The van der Waals surface area contributed by atoms with Gasteiger partial charge in [0.2, 0.25) is 0 Å². The van der Waals surface area contributed by atoms with Crippen molar-refractivity contribution in [3.8, 4) is 0 Å². The first-order valence-electron chi connectivity index (χ1n) is 5.29. The highest BCUT2D eigenvalue weighted by atomic mass is 79.9. The van der Waals surface area contributed by atoms with Gasteiger partial charge in [-0.2, -0.15) is 0 Å². The number of nitro groups is 1. The molecule has 0 bridgehead atoms. The molecule has 0 spiro atoms. The van der Waals surface area contributed by atoms with Crippen molar-refractivity contribution in [3.05, 3.63) is 42.8 Å². The van der Waals surface area contributed by atoms with Crippen LogP contribution < -0.4 is 4.72 Å². The van der Waals surface area contributed by atoms with E-state index in [1.165, 1.54) is 6.20 Å². The Morgan fingerprint density at radius 2 is 2.14 bits per heavy atom. The molecule has 1 N–H and O–H groups in total. The summed E-state index contributed by atoms with van der Waals surface area (Å²) in [5.74, 6) is 0.144. The van der Waals surface area contributed by atoms with Gasteiger partial charge in [-0.1, -0.05) is 11.6 Å². The number of rotatable bonds is 4. The van der Waals surface area contributed by atoms with Gasteiger partial charge in [-0.05, 0) is 34.5 Å². The van der Waals surface area contributed by atoms with E-state index in [-0.39, 0.29) is 14.4 Å². The summed E-state index contributed by atoms with van der Waals surface area (Å²) in [6.07, 6.45) is 1.44. The van der Waals surface area contributed by atoms with Crippen LogP contribution in [0.3, 0.4) is 0 Å². The fraction of sp³-hybridized carbons (Fsp3) is 0.100. The molecule has 11 heteroatoms. The summed E-state index contributed by atoms with van der Waals surface area (Å²) >= 11 is 9.50. The fourth-order valence-electron chi connectivity index (χ4n) is 1.42. The van der Waals surface area contributed by atoms with E-state index in [4.69, 9.17) is 11.6 Å². The van der Waals surface area contributed by atoms with Crippen LogP contribution in [0.15, 0.2) is 27.0 Å². The van der Waals surface area contributed by atoms with Gasteiger partial charge in [0.05, 0.1) is 4.92 Å². The highest BCUT2D eigenvalue weighted by Crippen LogP contribution is 2.36. The van der Waals surface area contributed by atoms with Gasteiger partial charge in [0.25, 0.3) is 15.7 Å². The maximum atomic E-state index is 12.2. The zero-order chi connectivity index (χ0) is 15.8. The Labute approximate surface area is 137 Å². The van der Waals surface area contributed by atoms with Crippen molar-refractivity contribution >= 4 is 60.4 Å². The number of hydrogen-bond acceptors (Lipinski definition) is 6. The van der Waals surface area contributed by atoms with Crippen LogP contribution in [0, 0.1) is 17.0 Å². The average Bonchev–Trinajstić information content (AvgIpc) is 2.76. The van der Waals surface area contributed by atoms with Gasteiger partial charge in [0.15, 0.2) is 4.34 Å². The number of anilines is 1. The zero-order valence-electron chi connectivity index (χ0n) is 10.3. The summed E-state index contributed by atoms with van der Waals surface area (Å²) in [4.78, 5) is 13.9. The summed E-state index contributed by atoms with van der Waals surface area (Å²) in [6, 6.07) is 2.61. The van der Waals surface area contributed by atoms with Crippen molar-refractivity contribution in [2.45, 2.75) is 11.1 Å². The third-order valence-electron chi connectivity index (χ3n) is 2.38. The minimum Gasteiger partial charge on any atom is -0.262 e. The Morgan fingerprint density at radius 1 is 1.48 bits per heavy atom. The van der Waals surface area contributed by atoms with Crippen LogP contribution in [0.1, 0.15) is 5.56 Å². The predicted octanol–water partition coefficient (Wildman–Crippen LogP) is 3.58. The van der Waals surface area contributed by atoms with E-state index in [1.807, 2.05) is 0 Å². The minimum atomic E-state index is -3.98. The highest BCUT2D eigenvalue weighted by Gasteiger charge is 2.26. The number of aromatic nitrogens is 1. The number of aryl methyl sites for hydroxylation is 1. The van der Waals surface area contributed by atoms with Gasteiger partial charge >= 0.3 is 0 Å². The smallest absolute Gasteiger partial charge is 0.262 e. The van der Waals surface area contributed by atoms with Crippen molar-refractivity contribution < 1.29 is 13.3 Å². The lowest BCUT2D eigenvalue weighted by Crippen LogP contribution is -2.13. The van der Waals surface area contributed by atoms with Crippen molar-refractivity contribution in [1.29, 1.82) is 0 Å². The Hall–Kier alpha value is -1.23. The van der Waals surface area contributed by atoms with Gasteiger partial charge in [-0.3, -0.25) is 14.8 Å². The molecule has 0 aliphatic carbocycles. The molecule has 7 nitrogen and oxygen atoms in total. The van der Waals surface area contributed by atoms with E-state index in [9.17, 15) is 18.5 Å². The van der Waals surface area contributed by atoms with Gasteiger partial charge < -0.3 is 0 Å².